The van der Waals surface area contributed by atoms with Gasteiger partial charge in [-0.15, -0.1) is 0 Å². The first-order chi connectivity index (χ1) is 9.47. The Morgan fingerprint density at radius 1 is 1.25 bits per heavy atom. The van der Waals surface area contributed by atoms with Crippen LogP contribution in [0.25, 0.3) is 0 Å². The molecule has 1 unspecified atom stereocenters. The normalized spacial score (nSPS) is 12.0. The van der Waals surface area contributed by atoms with Crippen molar-refractivity contribution >= 4 is 33.3 Å². The number of rotatable bonds is 4. The van der Waals surface area contributed by atoms with E-state index in [0.717, 1.165) is 10.0 Å². The highest BCUT2D eigenvalue weighted by Crippen LogP contribution is 2.23. The number of ether oxygens (including phenoxy) is 1. The Hall–Kier alpha value is -1.32. The van der Waals surface area contributed by atoms with Gasteiger partial charge in [0, 0.05) is 15.1 Å². The number of ketones is 1. The lowest BCUT2D eigenvalue weighted by molar-refractivity contribution is 0.0818. The molecule has 20 heavy (non-hydrogen) atoms. The fourth-order valence-corrected chi connectivity index (χ4v) is 2.26. The lowest BCUT2D eigenvalue weighted by atomic mass is 10.1. The first-order valence-electron chi connectivity index (χ1n) is 6.20. The van der Waals surface area contributed by atoms with Gasteiger partial charge in [0.25, 0.3) is 0 Å². The maximum Gasteiger partial charge on any atom is 0.203 e. The van der Waals surface area contributed by atoms with Gasteiger partial charge in [0.1, 0.15) is 5.75 Å². The molecule has 0 bridgehead atoms. The van der Waals surface area contributed by atoms with Gasteiger partial charge in [-0.25, -0.2) is 0 Å². The SMILES string of the molecule is Cc1cc(OC(C)C(=O)c2cccc(Cl)c2)ccc1Br. The molecule has 0 aliphatic heterocycles. The third-order valence-electron chi connectivity index (χ3n) is 2.92. The molecule has 104 valence electrons. The summed E-state index contributed by atoms with van der Waals surface area (Å²) in [6.45, 7) is 3.71. The van der Waals surface area contributed by atoms with Crippen molar-refractivity contribution in [3.63, 3.8) is 0 Å². The number of benzene rings is 2. The second-order valence-electron chi connectivity index (χ2n) is 4.55. The number of carbonyl (C=O) groups is 1. The molecule has 0 N–H and O–H groups in total. The minimum atomic E-state index is -0.561. The van der Waals surface area contributed by atoms with Crippen molar-refractivity contribution < 1.29 is 9.53 Å². The van der Waals surface area contributed by atoms with Crippen molar-refractivity contribution in [2.24, 2.45) is 0 Å². The lowest BCUT2D eigenvalue weighted by Gasteiger charge is -2.14. The maximum absolute atomic E-state index is 12.3. The van der Waals surface area contributed by atoms with Crippen LogP contribution in [0.3, 0.4) is 0 Å². The van der Waals surface area contributed by atoms with Crippen LogP contribution in [-0.2, 0) is 0 Å². The third kappa shape index (κ3) is 3.62. The first kappa shape index (κ1) is 15.1. The molecule has 2 aromatic rings. The molecular formula is C16H14BrClO2. The first-order valence-corrected chi connectivity index (χ1v) is 7.37. The molecule has 0 saturated heterocycles. The Morgan fingerprint density at radius 3 is 2.65 bits per heavy atom. The Balaban J connectivity index is 2.13. The molecule has 0 aliphatic carbocycles. The van der Waals surface area contributed by atoms with Crippen LogP contribution in [0.15, 0.2) is 46.9 Å². The van der Waals surface area contributed by atoms with Crippen molar-refractivity contribution in [1.82, 2.24) is 0 Å². The Kier molecular flexibility index (Phi) is 4.84. The van der Waals surface area contributed by atoms with E-state index >= 15 is 0 Å². The number of halogens is 2. The van der Waals surface area contributed by atoms with Gasteiger partial charge >= 0.3 is 0 Å². The summed E-state index contributed by atoms with van der Waals surface area (Å²) in [4.78, 5) is 12.3. The summed E-state index contributed by atoms with van der Waals surface area (Å²) in [7, 11) is 0. The van der Waals surface area contributed by atoms with Crippen LogP contribution in [0.4, 0.5) is 0 Å². The number of aryl methyl sites for hydroxylation is 1. The topological polar surface area (TPSA) is 26.3 Å². The zero-order chi connectivity index (χ0) is 14.7. The molecule has 0 radical (unpaired) electrons. The van der Waals surface area contributed by atoms with Crippen LogP contribution in [0.1, 0.15) is 22.8 Å². The molecular weight excluding hydrogens is 340 g/mol. The van der Waals surface area contributed by atoms with E-state index in [1.165, 1.54) is 0 Å². The number of hydrogen-bond donors (Lipinski definition) is 0. The van der Waals surface area contributed by atoms with Crippen molar-refractivity contribution in [3.8, 4) is 5.75 Å². The molecule has 4 heteroatoms. The zero-order valence-corrected chi connectivity index (χ0v) is 13.5. The van der Waals surface area contributed by atoms with Crippen molar-refractivity contribution in [1.29, 1.82) is 0 Å². The highest BCUT2D eigenvalue weighted by Gasteiger charge is 2.17. The summed E-state index contributed by atoms with van der Waals surface area (Å²) >= 11 is 9.33. The van der Waals surface area contributed by atoms with E-state index in [2.05, 4.69) is 15.9 Å². The third-order valence-corrected chi connectivity index (χ3v) is 4.05. The Bertz CT molecular complexity index is 640. The molecule has 0 spiro atoms. The van der Waals surface area contributed by atoms with Crippen molar-refractivity contribution in [2.75, 3.05) is 0 Å². The summed E-state index contributed by atoms with van der Waals surface area (Å²) in [6.07, 6.45) is -0.561. The monoisotopic (exact) mass is 352 g/mol. The van der Waals surface area contributed by atoms with E-state index in [9.17, 15) is 4.79 Å². The second-order valence-corrected chi connectivity index (χ2v) is 5.84. The molecule has 0 aromatic heterocycles. The minimum Gasteiger partial charge on any atom is -0.483 e. The number of Topliss-reactive ketones (excluding diaryl/α,β-unsaturated/α-hetero) is 1. The fraction of sp³-hybridized carbons (Fsp3) is 0.188. The standard InChI is InChI=1S/C16H14BrClO2/c1-10-8-14(6-7-15(10)17)20-11(2)16(19)12-4-3-5-13(18)9-12/h3-9,11H,1-2H3. The van der Waals surface area contributed by atoms with Gasteiger partial charge < -0.3 is 4.74 Å². The van der Waals surface area contributed by atoms with E-state index in [0.29, 0.717) is 16.3 Å². The van der Waals surface area contributed by atoms with Crippen LogP contribution < -0.4 is 4.74 Å². The minimum absolute atomic E-state index is 0.0897. The van der Waals surface area contributed by atoms with Gasteiger partial charge in [0.05, 0.1) is 0 Å². The van der Waals surface area contributed by atoms with Crippen molar-refractivity contribution in [3.05, 3.63) is 63.1 Å². The molecule has 0 amide bonds. The molecule has 0 aliphatic rings. The average Bonchev–Trinajstić information content (AvgIpc) is 2.42. The van der Waals surface area contributed by atoms with Gasteiger partial charge in [-0.1, -0.05) is 39.7 Å². The quantitative estimate of drug-likeness (QED) is 0.718. The summed E-state index contributed by atoms with van der Waals surface area (Å²) < 4.78 is 6.71. The van der Waals surface area contributed by atoms with Gasteiger partial charge in [0.15, 0.2) is 6.10 Å². The largest absolute Gasteiger partial charge is 0.483 e. The summed E-state index contributed by atoms with van der Waals surface area (Å²) in [5.74, 6) is 0.585. The lowest BCUT2D eigenvalue weighted by Crippen LogP contribution is -2.23. The summed E-state index contributed by atoms with van der Waals surface area (Å²) in [5.41, 5.74) is 1.61. The molecule has 0 heterocycles. The van der Waals surface area contributed by atoms with E-state index in [4.69, 9.17) is 16.3 Å². The molecule has 1 atom stereocenters. The molecule has 2 nitrogen and oxygen atoms in total. The van der Waals surface area contributed by atoms with Gasteiger partial charge in [-0.3, -0.25) is 4.79 Å². The predicted molar refractivity (Wildman–Crippen MR) is 84.8 cm³/mol. The van der Waals surface area contributed by atoms with Crippen LogP contribution in [-0.4, -0.2) is 11.9 Å². The van der Waals surface area contributed by atoms with E-state index < -0.39 is 6.10 Å². The van der Waals surface area contributed by atoms with Crippen LogP contribution in [0, 0.1) is 6.92 Å². The zero-order valence-electron chi connectivity index (χ0n) is 11.2. The summed E-state index contributed by atoms with van der Waals surface area (Å²) in [5, 5.41) is 0.544. The Morgan fingerprint density at radius 2 is 2.00 bits per heavy atom. The predicted octanol–water partition coefficient (Wildman–Crippen LogP) is 5.06. The Labute approximate surface area is 131 Å². The van der Waals surface area contributed by atoms with Gasteiger partial charge in [0.2, 0.25) is 5.78 Å². The fourth-order valence-electron chi connectivity index (χ4n) is 1.82. The molecule has 0 saturated carbocycles. The van der Waals surface area contributed by atoms with E-state index in [1.54, 1.807) is 31.2 Å². The second kappa shape index (κ2) is 6.42. The van der Waals surface area contributed by atoms with E-state index in [1.807, 2.05) is 25.1 Å². The molecule has 2 rings (SSSR count). The average molecular weight is 354 g/mol. The number of hydrogen-bond acceptors (Lipinski definition) is 2. The van der Waals surface area contributed by atoms with E-state index in [-0.39, 0.29) is 5.78 Å². The van der Waals surface area contributed by atoms with Crippen LogP contribution in [0.2, 0.25) is 5.02 Å². The molecule has 0 fully saturated rings. The number of carbonyl (C=O) groups excluding carboxylic acids is 1. The molecule has 2 aromatic carbocycles. The highest BCUT2D eigenvalue weighted by atomic mass is 79.9. The van der Waals surface area contributed by atoms with Crippen LogP contribution >= 0.6 is 27.5 Å². The smallest absolute Gasteiger partial charge is 0.203 e. The van der Waals surface area contributed by atoms with Crippen LogP contribution in [0.5, 0.6) is 5.75 Å². The highest BCUT2D eigenvalue weighted by molar-refractivity contribution is 9.10. The summed E-state index contributed by atoms with van der Waals surface area (Å²) in [6, 6.07) is 12.5. The van der Waals surface area contributed by atoms with Crippen molar-refractivity contribution in [2.45, 2.75) is 20.0 Å². The van der Waals surface area contributed by atoms with Gasteiger partial charge in [-0.2, -0.15) is 0 Å². The maximum atomic E-state index is 12.3. The van der Waals surface area contributed by atoms with Gasteiger partial charge in [-0.05, 0) is 49.7 Å².